The monoisotopic (exact) mass is 378 g/mol. The molecular weight excluding hydrogens is 348 g/mol. The molecule has 1 aromatic heterocycles. The Hall–Kier alpha value is -2.75. The van der Waals surface area contributed by atoms with Crippen LogP contribution in [0.25, 0.3) is 11.1 Å². The lowest BCUT2D eigenvalue weighted by molar-refractivity contribution is 0.461. The minimum Gasteiger partial charge on any atom is -0.507 e. The van der Waals surface area contributed by atoms with E-state index >= 15 is 0 Å². The van der Waals surface area contributed by atoms with E-state index in [1.54, 1.807) is 12.4 Å². The number of phenols is 2. The molecule has 0 aliphatic heterocycles. The lowest BCUT2D eigenvalue weighted by Gasteiger charge is -2.16. The SMILES string of the molecule is CCCc1cc(-c2cc(CC)cc(CCC)c2O)cc(Cc2ncc[nH]2)c1O. The predicted molar refractivity (Wildman–Crippen MR) is 114 cm³/mol. The van der Waals surface area contributed by atoms with Crippen LogP contribution in [0.5, 0.6) is 11.5 Å². The van der Waals surface area contributed by atoms with Crippen LogP contribution in [-0.2, 0) is 25.7 Å². The maximum atomic E-state index is 10.9. The highest BCUT2D eigenvalue weighted by Gasteiger charge is 2.16. The summed E-state index contributed by atoms with van der Waals surface area (Å²) in [6.45, 7) is 6.36. The first-order valence-corrected chi connectivity index (χ1v) is 10.2. The van der Waals surface area contributed by atoms with E-state index in [0.29, 0.717) is 17.9 Å². The molecular formula is C24H30N2O2. The normalized spacial score (nSPS) is 11.1. The van der Waals surface area contributed by atoms with Crippen molar-refractivity contribution in [1.82, 2.24) is 9.97 Å². The van der Waals surface area contributed by atoms with Gasteiger partial charge in [-0.3, -0.25) is 0 Å². The number of rotatable bonds is 8. The molecule has 0 saturated carbocycles. The van der Waals surface area contributed by atoms with Crippen molar-refractivity contribution in [2.24, 2.45) is 0 Å². The van der Waals surface area contributed by atoms with E-state index in [4.69, 9.17) is 0 Å². The summed E-state index contributed by atoms with van der Waals surface area (Å²) >= 11 is 0. The molecule has 0 amide bonds. The minimum absolute atomic E-state index is 0.335. The second-order valence-corrected chi connectivity index (χ2v) is 7.36. The maximum Gasteiger partial charge on any atom is 0.126 e. The highest BCUT2D eigenvalue weighted by molar-refractivity contribution is 5.75. The van der Waals surface area contributed by atoms with Gasteiger partial charge in [0.1, 0.15) is 17.3 Å². The van der Waals surface area contributed by atoms with Gasteiger partial charge in [-0.15, -0.1) is 0 Å². The van der Waals surface area contributed by atoms with Gasteiger partial charge in [0.2, 0.25) is 0 Å². The Morgan fingerprint density at radius 2 is 1.54 bits per heavy atom. The van der Waals surface area contributed by atoms with Gasteiger partial charge < -0.3 is 15.2 Å². The molecule has 2 aromatic carbocycles. The summed E-state index contributed by atoms with van der Waals surface area (Å²) in [5.74, 6) is 1.51. The highest BCUT2D eigenvalue weighted by Crippen LogP contribution is 2.38. The topological polar surface area (TPSA) is 69.1 Å². The third-order valence-electron chi connectivity index (χ3n) is 5.19. The number of benzene rings is 2. The molecule has 0 spiro atoms. The molecule has 3 aromatic rings. The van der Waals surface area contributed by atoms with E-state index in [1.807, 2.05) is 12.1 Å². The van der Waals surface area contributed by atoms with E-state index in [9.17, 15) is 10.2 Å². The Morgan fingerprint density at radius 1 is 0.857 bits per heavy atom. The van der Waals surface area contributed by atoms with Crippen molar-refractivity contribution in [3.63, 3.8) is 0 Å². The average Bonchev–Trinajstić information content (AvgIpc) is 3.20. The first-order valence-electron chi connectivity index (χ1n) is 10.2. The zero-order chi connectivity index (χ0) is 20.1. The van der Waals surface area contributed by atoms with Crippen LogP contribution >= 0.6 is 0 Å². The van der Waals surface area contributed by atoms with Crippen molar-refractivity contribution < 1.29 is 10.2 Å². The highest BCUT2D eigenvalue weighted by atomic mass is 16.3. The number of hydrogen-bond acceptors (Lipinski definition) is 3. The summed E-state index contributed by atoms with van der Waals surface area (Å²) < 4.78 is 0. The third kappa shape index (κ3) is 4.22. The van der Waals surface area contributed by atoms with Gasteiger partial charge >= 0.3 is 0 Å². The number of aromatic amines is 1. The Labute approximate surface area is 167 Å². The molecule has 3 N–H and O–H groups in total. The van der Waals surface area contributed by atoms with Gasteiger partial charge in [-0.05, 0) is 59.7 Å². The van der Waals surface area contributed by atoms with Crippen molar-refractivity contribution in [3.05, 3.63) is 64.7 Å². The van der Waals surface area contributed by atoms with E-state index < -0.39 is 0 Å². The second kappa shape index (κ2) is 8.96. The number of nitrogens with one attached hydrogen (secondary N) is 1. The number of aromatic hydroxyl groups is 2. The summed E-state index contributed by atoms with van der Waals surface area (Å²) in [4.78, 5) is 7.41. The van der Waals surface area contributed by atoms with Gasteiger partial charge in [-0.1, -0.05) is 39.7 Å². The van der Waals surface area contributed by atoms with Crippen molar-refractivity contribution >= 4 is 0 Å². The van der Waals surface area contributed by atoms with Gasteiger partial charge in [0.25, 0.3) is 0 Å². The molecule has 0 atom stereocenters. The summed E-state index contributed by atoms with van der Waals surface area (Å²) in [5.41, 5.74) is 5.76. The van der Waals surface area contributed by atoms with Crippen molar-refractivity contribution in [1.29, 1.82) is 0 Å². The third-order valence-corrected chi connectivity index (χ3v) is 5.19. The molecule has 148 valence electrons. The summed E-state index contributed by atoms with van der Waals surface area (Å²) in [7, 11) is 0. The van der Waals surface area contributed by atoms with Crippen molar-refractivity contribution in [3.8, 4) is 22.6 Å². The van der Waals surface area contributed by atoms with Gasteiger partial charge in [0.15, 0.2) is 0 Å². The van der Waals surface area contributed by atoms with Crippen molar-refractivity contribution in [2.75, 3.05) is 0 Å². The zero-order valence-corrected chi connectivity index (χ0v) is 17.0. The van der Waals surface area contributed by atoms with Gasteiger partial charge in [-0.25, -0.2) is 4.98 Å². The number of hydrogen-bond donors (Lipinski definition) is 3. The predicted octanol–water partition coefficient (Wildman–Crippen LogP) is 5.55. The standard InChI is InChI=1S/C24H30N2O2/c1-4-7-17-11-16(6-3)12-21(24(17)28)19-13-18(8-5-2)23(27)20(14-19)15-22-25-9-10-26-22/h9-14,27-28H,4-8,15H2,1-3H3,(H,25,26). The van der Waals surface area contributed by atoms with Crippen LogP contribution in [-0.4, -0.2) is 20.2 Å². The Morgan fingerprint density at radius 3 is 2.14 bits per heavy atom. The molecule has 3 rings (SSSR count). The number of phenolic OH excluding ortho intramolecular Hbond substituents is 2. The molecule has 0 radical (unpaired) electrons. The Bertz CT molecular complexity index is 930. The Kier molecular flexibility index (Phi) is 6.40. The van der Waals surface area contributed by atoms with Crippen LogP contribution < -0.4 is 0 Å². The molecule has 1 heterocycles. The van der Waals surface area contributed by atoms with Crippen LogP contribution in [0.2, 0.25) is 0 Å². The minimum atomic E-state index is 0.335. The first-order chi connectivity index (χ1) is 13.6. The van der Waals surface area contributed by atoms with Crippen LogP contribution in [0.1, 0.15) is 61.7 Å². The summed E-state index contributed by atoms with van der Waals surface area (Å²) in [6, 6.07) is 8.20. The molecule has 0 fully saturated rings. The smallest absolute Gasteiger partial charge is 0.126 e. The van der Waals surface area contributed by atoms with Crippen LogP contribution in [0.15, 0.2) is 36.7 Å². The largest absolute Gasteiger partial charge is 0.507 e. The lowest BCUT2D eigenvalue weighted by Crippen LogP contribution is -1.98. The molecule has 0 saturated heterocycles. The summed E-state index contributed by atoms with van der Waals surface area (Å²) in [5, 5.41) is 21.7. The lowest BCUT2D eigenvalue weighted by atomic mass is 9.91. The Balaban J connectivity index is 2.15. The summed E-state index contributed by atoms with van der Waals surface area (Å²) in [6.07, 6.45) is 8.53. The van der Waals surface area contributed by atoms with Gasteiger partial charge in [-0.2, -0.15) is 0 Å². The number of nitrogens with zero attached hydrogens (tertiary/aromatic N) is 1. The quantitative estimate of drug-likeness (QED) is 0.481. The number of H-pyrrole nitrogens is 1. The van der Waals surface area contributed by atoms with Gasteiger partial charge in [0, 0.05) is 29.9 Å². The van der Waals surface area contributed by atoms with E-state index in [2.05, 4.69) is 42.9 Å². The molecule has 4 nitrogen and oxygen atoms in total. The van der Waals surface area contributed by atoms with Crippen LogP contribution in [0.3, 0.4) is 0 Å². The van der Waals surface area contributed by atoms with E-state index in [-0.39, 0.29) is 0 Å². The molecule has 0 bridgehead atoms. The number of aryl methyl sites for hydroxylation is 3. The fraction of sp³-hybridized carbons (Fsp3) is 0.375. The molecule has 4 heteroatoms. The molecule has 0 aliphatic carbocycles. The van der Waals surface area contributed by atoms with Crippen LogP contribution in [0.4, 0.5) is 0 Å². The van der Waals surface area contributed by atoms with E-state index in [0.717, 1.165) is 65.7 Å². The fourth-order valence-corrected chi connectivity index (χ4v) is 3.73. The zero-order valence-electron chi connectivity index (χ0n) is 17.0. The fourth-order valence-electron chi connectivity index (χ4n) is 3.73. The molecule has 28 heavy (non-hydrogen) atoms. The molecule has 0 unspecified atom stereocenters. The molecule has 0 aliphatic rings. The number of aromatic nitrogens is 2. The first kappa shape index (κ1) is 20.0. The number of imidazole rings is 1. The van der Waals surface area contributed by atoms with Gasteiger partial charge in [0.05, 0.1) is 0 Å². The average molecular weight is 379 g/mol. The van der Waals surface area contributed by atoms with E-state index in [1.165, 1.54) is 5.56 Å². The second-order valence-electron chi connectivity index (χ2n) is 7.36. The maximum absolute atomic E-state index is 10.9. The van der Waals surface area contributed by atoms with Crippen molar-refractivity contribution in [2.45, 2.75) is 59.3 Å². The van der Waals surface area contributed by atoms with Crippen LogP contribution in [0, 0.1) is 0 Å².